The van der Waals surface area contributed by atoms with Gasteiger partial charge in [0.15, 0.2) is 0 Å². The summed E-state index contributed by atoms with van der Waals surface area (Å²) in [4.78, 5) is 4.76. The molecule has 0 saturated carbocycles. The molecule has 98 valence electrons. The van der Waals surface area contributed by atoms with Crippen molar-refractivity contribution < 1.29 is 13.2 Å². The van der Waals surface area contributed by atoms with E-state index in [9.17, 15) is 13.2 Å². The predicted octanol–water partition coefficient (Wildman–Crippen LogP) is 5.16. The van der Waals surface area contributed by atoms with Gasteiger partial charge in [0.25, 0.3) is 0 Å². The third-order valence-corrected chi connectivity index (χ3v) is 3.14. The van der Waals surface area contributed by atoms with Gasteiger partial charge in [-0.3, -0.25) is 4.98 Å². The summed E-state index contributed by atoms with van der Waals surface area (Å²) in [6.07, 6.45) is -3.12. The molecule has 0 fully saturated rings. The van der Waals surface area contributed by atoms with E-state index in [0.29, 0.717) is 5.69 Å². The van der Waals surface area contributed by atoms with Crippen LogP contribution in [0.1, 0.15) is 25.0 Å². The van der Waals surface area contributed by atoms with Gasteiger partial charge in [0.05, 0.1) is 16.1 Å². The van der Waals surface area contributed by atoms with Crippen molar-refractivity contribution in [3.63, 3.8) is 0 Å². The molecule has 2 rings (SSSR count). The molecule has 2 heterocycles. The molecule has 0 unspecified atom stereocenters. The molecule has 0 aliphatic heterocycles. The fraction of sp³-hybridized carbons (Fsp3) is 0.308. The Hall–Kier alpha value is -1.36. The number of thiophene rings is 1. The van der Waals surface area contributed by atoms with Crippen molar-refractivity contribution in [1.29, 1.82) is 0 Å². The second-order valence-corrected chi connectivity index (χ2v) is 4.25. The molecule has 0 aliphatic carbocycles. The molecule has 0 aromatic carbocycles. The zero-order chi connectivity index (χ0) is 13.8. The molecule has 0 saturated heterocycles. The fourth-order valence-corrected chi connectivity index (χ4v) is 2.28. The van der Waals surface area contributed by atoms with Gasteiger partial charge in [-0.1, -0.05) is 19.9 Å². The maximum Gasteiger partial charge on any atom is 0.416 e. The first-order valence-electron chi connectivity index (χ1n) is 5.57. The number of aromatic nitrogens is 1. The zero-order valence-electron chi connectivity index (χ0n) is 10.4. The van der Waals surface area contributed by atoms with Crippen LogP contribution < -0.4 is 0 Å². The van der Waals surface area contributed by atoms with Crippen molar-refractivity contribution in [2.45, 2.75) is 26.9 Å². The lowest BCUT2D eigenvalue weighted by Gasteiger charge is -2.11. The molecule has 0 atom stereocenters. The highest BCUT2D eigenvalue weighted by Crippen LogP contribution is 2.35. The Morgan fingerprint density at radius 2 is 1.83 bits per heavy atom. The Balaban J connectivity index is 0.000000771. The van der Waals surface area contributed by atoms with E-state index in [1.165, 1.54) is 24.5 Å². The van der Waals surface area contributed by atoms with Gasteiger partial charge in [-0.15, -0.1) is 11.3 Å². The largest absolute Gasteiger partial charge is 0.416 e. The maximum atomic E-state index is 12.6. The number of hydrogen-bond donors (Lipinski definition) is 0. The van der Waals surface area contributed by atoms with Gasteiger partial charge in [0, 0.05) is 6.20 Å². The van der Waals surface area contributed by atoms with Gasteiger partial charge >= 0.3 is 6.18 Å². The quantitative estimate of drug-likeness (QED) is 0.699. The molecule has 18 heavy (non-hydrogen) atoms. The van der Waals surface area contributed by atoms with Crippen LogP contribution in [0.2, 0.25) is 0 Å². The number of alkyl halides is 3. The van der Waals surface area contributed by atoms with Gasteiger partial charge in [-0.05, 0) is 30.0 Å². The summed E-state index contributed by atoms with van der Waals surface area (Å²) < 4.78 is 37.9. The molecule has 0 aliphatic rings. The third kappa shape index (κ3) is 3.10. The second-order valence-electron chi connectivity index (χ2n) is 3.31. The van der Waals surface area contributed by atoms with Crippen molar-refractivity contribution in [3.05, 3.63) is 40.9 Å². The van der Waals surface area contributed by atoms with Crippen LogP contribution in [0.15, 0.2) is 29.8 Å². The van der Waals surface area contributed by atoms with Crippen LogP contribution in [0.5, 0.6) is 0 Å². The van der Waals surface area contributed by atoms with Crippen molar-refractivity contribution in [2.75, 3.05) is 0 Å². The van der Waals surface area contributed by atoms with E-state index >= 15 is 0 Å². The van der Waals surface area contributed by atoms with Gasteiger partial charge in [-0.2, -0.15) is 13.2 Å². The first-order chi connectivity index (χ1) is 8.50. The Bertz CT molecular complexity index is 489. The van der Waals surface area contributed by atoms with Gasteiger partial charge in [0.2, 0.25) is 0 Å². The summed E-state index contributed by atoms with van der Waals surface area (Å²) in [5.41, 5.74) is -0.0341. The van der Waals surface area contributed by atoms with Crippen LogP contribution in [0.25, 0.3) is 10.6 Å². The first-order valence-corrected chi connectivity index (χ1v) is 6.45. The normalized spacial score (nSPS) is 10.8. The predicted molar refractivity (Wildman–Crippen MR) is 68.6 cm³/mol. The van der Waals surface area contributed by atoms with Crippen molar-refractivity contribution in [3.8, 4) is 10.6 Å². The van der Waals surface area contributed by atoms with E-state index < -0.39 is 11.7 Å². The van der Waals surface area contributed by atoms with Gasteiger partial charge in [-0.25, -0.2) is 0 Å². The molecule has 0 radical (unpaired) electrons. The number of pyridine rings is 1. The Kier molecular flexibility index (Phi) is 4.90. The number of rotatable bonds is 1. The first kappa shape index (κ1) is 14.7. The third-order valence-electron chi connectivity index (χ3n) is 2.26. The summed E-state index contributed by atoms with van der Waals surface area (Å²) in [6, 6.07) is 4.56. The second kappa shape index (κ2) is 6.00. The molecule has 2 aromatic heterocycles. The molecule has 0 amide bonds. The van der Waals surface area contributed by atoms with Gasteiger partial charge < -0.3 is 0 Å². The van der Waals surface area contributed by atoms with Crippen molar-refractivity contribution in [1.82, 2.24) is 4.98 Å². The minimum Gasteiger partial charge on any atom is -0.255 e. The van der Waals surface area contributed by atoms with E-state index in [1.54, 1.807) is 12.1 Å². The van der Waals surface area contributed by atoms with E-state index in [0.717, 1.165) is 10.9 Å². The highest BCUT2D eigenvalue weighted by Gasteiger charge is 2.33. The minimum atomic E-state index is -4.32. The number of halogens is 3. The van der Waals surface area contributed by atoms with E-state index in [2.05, 4.69) is 4.98 Å². The molecule has 0 bridgehead atoms. The molecule has 2 aromatic rings. The van der Waals surface area contributed by atoms with E-state index in [1.807, 2.05) is 19.2 Å². The van der Waals surface area contributed by atoms with Crippen molar-refractivity contribution >= 4 is 11.3 Å². The van der Waals surface area contributed by atoms with Crippen LogP contribution in [0.3, 0.4) is 0 Å². The monoisotopic (exact) mass is 273 g/mol. The highest BCUT2D eigenvalue weighted by atomic mass is 32.1. The highest BCUT2D eigenvalue weighted by molar-refractivity contribution is 7.13. The maximum absolute atomic E-state index is 12.6. The van der Waals surface area contributed by atoms with Crippen molar-refractivity contribution in [2.24, 2.45) is 0 Å². The average Bonchev–Trinajstić information content (AvgIpc) is 2.84. The summed E-state index contributed by atoms with van der Waals surface area (Å²) in [5, 5.41) is 1.82. The summed E-state index contributed by atoms with van der Waals surface area (Å²) >= 11 is 1.38. The zero-order valence-corrected chi connectivity index (χ0v) is 11.2. The lowest BCUT2D eigenvalue weighted by molar-refractivity contribution is -0.138. The molecular weight excluding hydrogens is 259 g/mol. The molecular formula is C13H14F3NS. The standard InChI is InChI=1S/C11H8F3NS.C2H6/c1-7-8(11(12,13)14)4-5-15-10(7)9-3-2-6-16-9;1-2/h2-6H,1H3;1-2H3. The van der Waals surface area contributed by atoms with Crippen LogP contribution >= 0.6 is 11.3 Å². The van der Waals surface area contributed by atoms with E-state index in [4.69, 9.17) is 0 Å². The van der Waals surface area contributed by atoms with E-state index in [-0.39, 0.29) is 5.56 Å². The molecule has 1 nitrogen and oxygen atoms in total. The smallest absolute Gasteiger partial charge is 0.255 e. The molecule has 5 heteroatoms. The lowest BCUT2D eigenvalue weighted by atomic mass is 10.1. The van der Waals surface area contributed by atoms with Crippen LogP contribution in [0, 0.1) is 6.92 Å². The van der Waals surface area contributed by atoms with Crippen LogP contribution in [-0.2, 0) is 6.18 Å². The molecule has 0 spiro atoms. The lowest BCUT2D eigenvalue weighted by Crippen LogP contribution is -2.08. The Morgan fingerprint density at radius 1 is 1.17 bits per heavy atom. The number of hydrogen-bond acceptors (Lipinski definition) is 2. The topological polar surface area (TPSA) is 12.9 Å². The Labute approximate surface area is 108 Å². The average molecular weight is 273 g/mol. The fourth-order valence-electron chi connectivity index (χ4n) is 1.50. The van der Waals surface area contributed by atoms with Gasteiger partial charge in [0.1, 0.15) is 0 Å². The Morgan fingerprint density at radius 3 is 2.33 bits per heavy atom. The number of nitrogens with zero attached hydrogens (tertiary/aromatic N) is 1. The summed E-state index contributed by atoms with van der Waals surface area (Å²) in [6.45, 7) is 5.45. The minimum absolute atomic E-state index is 0.178. The van der Waals surface area contributed by atoms with Crippen LogP contribution in [-0.4, -0.2) is 4.98 Å². The van der Waals surface area contributed by atoms with Crippen LogP contribution in [0.4, 0.5) is 13.2 Å². The summed E-state index contributed by atoms with van der Waals surface area (Å²) in [5.74, 6) is 0. The SMILES string of the molecule is CC.Cc1c(C(F)(F)F)ccnc1-c1cccs1. The summed E-state index contributed by atoms with van der Waals surface area (Å²) in [7, 11) is 0. The molecule has 0 N–H and O–H groups in total.